The van der Waals surface area contributed by atoms with Gasteiger partial charge in [0, 0.05) is 27.2 Å². The maximum atomic E-state index is 12.2. The zero-order valence-electron chi connectivity index (χ0n) is 16.0. The van der Waals surface area contributed by atoms with Crippen molar-refractivity contribution in [3.8, 4) is 5.75 Å². The number of rotatable bonds is 8. The molecule has 0 saturated heterocycles. The summed E-state index contributed by atoms with van der Waals surface area (Å²) >= 11 is 0. The summed E-state index contributed by atoms with van der Waals surface area (Å²) in [4.78, 5) is 4.18. The van der Waals surface area contributed by atoms with E-state index in [1.807, 2.05) is 6.07 Å². The quantitative estimate of drug-likeness (QED) is 0.335. The summed E-state index contributed by atoms with van der Waals surface area (Å²) in [5, 5.41) is 6.42. The first-order valence-electron chi connectivity index (χ1n) is 8.23. The number of hydrogen-bond acceptors (Lipinski definition) is 3. The SMILES string of the molecule is CN=C(NCc1cccc(OCC(F)F)c1)NCC(OC)C(C)(C)C.I. The molecule has 8 heteroatoms. The Labute approximate surface area is 172 Å². The van der Waals surface area contributed by atoms with Crippen LogP contribution in [0.2, 0.25) is 0 Å². The van der Waals surface area contributed by atoms with Gasteiger partial charge in [-0.1, -0.05) is 32.9 Å². The first kappa shape index (κ1) is 24.8. The highest BCUT2D eigenvalue weighted by Crippen LogP contribution is 2.21. The molecule has 0 fully saturated rings. The molecule has 0 aliphatic rings. The van der Waals surface area contributed by atoms with Crippen molar-refractivity contribution < 1.29 is 18.3 Å². The second-order valence-electron chi connectivity index (χ2n) is 6.75. The van der Waals surface area contributed by atoms with Crippen LogP contribution in [0.1, 0.15) is 26.3 Å². The number of ether oxygens (including phenoxy) is 2. The van der Waals surface area contributed by atoms with Gasteiger partial charge >= 0.3 is 0 Å². The molecule has 0 aromatic heterocycles. The number of nitrogens with one attached hydrogen (secondary N) is 2. The van der Waals surface area contributed by atoms with Gasteiger partial charge in [0.25, 0.3) is 6.43 Å². The van der Waals surface area contributed by atoms with E-state index in [0.717, 1.165) is 5.56 Å². The molecule has 1 atom stereocenters. The van der Waals surface area contributed by atoms with Crippen LogP contribution in [0.15, 0.2) is 29.3 Å². The largest absolute Gasteiger partial charge is 0.488 e. The summed E-state index contributed by atoms with van der Waals surface area (Å²) < 4.78 is 35.0. The molecule has 0 aliphatic heterocycles. The number of alkyl halides is 2. The Bertz CT molecular complexity index is 551. The second-order valence-corrected chi connectivity index (χ2v) is 6.75. The Hall–Kier alpha value is -1.16. The topological polar surface area (TPSA) is 54.9 Å². The summed E-state index contributed by atoms with van der Waals surface area (Å²) in [6, 6.07) is 7.05. The van der Waals surface area contributed by atoms with Crippen molar-refractivity contribution in [2.45, 2.75) is 39.8 Å². The molecule has 26 heavy (non-hydrogen) atoms. The standard InChI is InChI=1S/C18H29F2N3O2.HI/c1-18(2,3)15(24-5)11-23-17(21-4)22-10-13-7-6-8-14(9-13)25-12-16(19)20;/h6-9,15-16H,10-12H2,1-5H3,(H2,21,22,23);1H. The van der Waals surface area contributed by atoms with Gasteiger partial charge in [-0.2, -0.15) is 0 Å². The minimum atomic E-state index is -2.48. The van der Waals surface area contributed by atoms with Crippen molar-refractivity contribution in [1.82, 2.24) is 10.6 Å². The molecule has 2 N–H and O–H groups in total. The Morgan fingerprint density at radius 1 is 1.23 bits per heavy atom. The molecular formula is C18H30F2IN3O2. The van der Waals surface area contributed by atoms with Gasteiger partial charge in [0.05, 0.1) is 6.10 Å². The Morgan fingerprint density at radius 2 is 1.92 bits per heavy atom. The molecule has 1 unspecified atom stereocenters. The monoisotopic (exact) mass is 485 g/mol. The van der Waals surface area contributed by atoms with Crippen LogP contribution in [-0.2, 0) is 11.3 Å². The summed E-state index contributed by atoms with van der Waals surface area (Å²) in [7, 11) is 3.38. The molecule has 0 aliphatic carbocycles. The molecule has 1 aromatic rings. The maximum Gasteiger partial charge on any atom is 0.272 e. The van der Waals surface area contributed by atoms with Crippen molar-refractivity contribution in [3.63, 3.8) is 0 Å². The van der Waals surface area contributed by atoms with Crippen molar-refractivity contribution in [3.05, 3.63) is 29.8 Å². The van der Waals surface area contributed by atoms with Crippen LogP contribution < -0.4 is 15.4 Å². The third-order valence-electron chi connectivity index (χ3n) is 3.66. The summed E-state index contributed by atoms with van der Waals surface area (Å²) in [6.45, 7) is 6.86. The molecule has 0 heterocycles. The number of benzene rings is 1. The minimum absolute atomic E-state index is 0. The average molecular weight is 485 g/mol. The van der Waals surface area contributed by atoms with Crippen molar-refractivity contribution >= 4 is 29.9 Å². The van der Waals surface area contributed by atoms with Gasteiger partial charge in [-0.3, -0.25) is 4.99 Å². The van der Waals surface area contributed by atoms with Crippen LogP contribution in [0, 0.1) is 5.41 Å². The van der Waals surface area contributed by atoms with E-state index in [1.54, 1.807) is 32.4 Å². The summed E-state index contributed by atoms with van der Waals surface area (Å²) in [5.41, 5.74) is 0.922. The molecular weight excluding hydrogens is 455 g/mol. The van der Waals surface area contributed by atoms with Gasteiger partial charge in [0.2, 0.25) is 0 Å². The van der Waals surface area contributed by atoms with E-state index >= 15 is 0 Å². The fourth-order valence-electron chi connectivity index (χ4n) is 2.24. The van der Waals surface area contributed by atoms with E-state index < -0.39 is 13.0 Å². The zero-order chi connectivity index (χ0) is 18.9. The van der Waals surface area contributed by atoms with E-state index in [1.165, 1.54) is 0 Å². The molecule has 0 spiro atoms. The predicted octanol–water partition coefficient (Wildman–Crippen LogP) is 3.67. The number of aliphatic imine (C=N–C) groups is 1. The van der Waals surface area contributed by atoms with Crippen LogP contribution in [0.5, 0.6) is 5.75 Å². The molecule has 0 amide bonds. The van der Waals surface area contributed by atoms with Crippen LogP contribution in [0.25, 0.3) is 0 Å². The average Bonchev–Trinajstić information content (AvgIpc) is 2.55. The van der Waals surface area contributed by atoms with Crippen molar-refractivity contribution in [2.24, 2.45) is 10.4 Å². The summed E-state index contributed by atoms with van der Waals surface area (Å²) in [5.74, 6) is 1.07. The lowest BCUT2D eigenvalue weighted by Crippen LogP contribution is -2.45. The highest BCUT2D eigenvalue weighted by molar-refractivity contribution is 14.0. The second kappa shape index (κ2) is 12.3. The van der Waals surface area contributed by atoms with Crippen LogP contribution >= 0.6 is 24.0 Å². The van der Waals surface area contributed by atoms with Crippen molar-refractivity contribution in [1.29, 1.82) is 0 Å². The maximum absolute atomic E-state index is 12.2. The Balaban J connectivity index is 0.00000625. The predicted molar refractivity (Wildman–Crippen MR) is 112 cm³/mol. The number of hydrogen-bond donors (Lipinski definition) is 2. The van der Waals surface area contributed by atoms with Gasteiger partial charge < -0.3 is 20.1 Å². The van der Waals surface area contributed by atoms with Crippen LogP contribution in [-0.4, -0.2) is 45.8 Å². The molecule has 0 bridgehead atoms. The van der Waals surface area contributed by atoms with E-state index in [0.29, 0.717) is 24.8 Å². The highest BCUT2D eigenvalue weighted by atomic mass is 127. The Morgan fingerprint density at radius 3 is 2.46 bits per heavy atom. The Kier molecular flexibility index (Phi) is 11.7. The molecule has 5 nitrogen and oxygen atoms in total. The third kappa shape index (κ3) is 9.51. The fourth-order valence-corrected chi connectivity index (χ4v) is 2.24. The first-order chi connectivity index (χ1) is 11.8. The van der Waals surface area contributed by atoms with Crippen LogP contribution in [0.4, 0.5) is 8.78 Å². The molecule has 150 valence electrons. The van der Waals surface area contributed by atoms with E-state index in [9.17, 15) is 8.78 Å². The van der Waals surface area contributed by atoms with Gasteiger partial charge in [-0.15, -0.1) is 24.0 Å². The number of nitrogens with zero attached hydrogens (tertiary/aromatic N) is 1. The first-order valence-corrected chi connectivity index (χ1v) is 8.23. The minimum Gasteiger partial charge on any atom is -0.488 e. The van der Waals surface area contributed by atoms with Gasteiger partial charge in [0.15, 0.2) is 5.96 Å². The smallest absolute Gasteiger partial charge is 0.272 e. The molecule has 0 saturated carbocycles. The third-order valence-corrected chi connectivity index (χ3v) is 3.66. The van der Waals surface area contributed by atoms with E-state index in [2.05, 4.69) is 36.4 Å². The number of methoxy groups -OCH3 is 1. The molecule has 1 rings (SSSR count). The van der Waals surface area contributed by atoms with E-state index in [4.69, 9.17) is 9.47 Å². The van der Waals surface area contributed by atoms with Gasteiger partial charge in [0.1, 0.15) is 12.4 Å². The zero-order valence-corrected chi connectivity index (χ0v) is 18.3. The normalized spacial score (nSPS) is 13.2. The van der Waals surface area contributed by atoms with Gasteiger partial charge in [-0.25, -0.2) is 8.78 Å². The van der Waals surface area contributed by atoms with E-state index in [-0.39, 0.29) is 35.5 Å². The molecule has 1 aromatic carbocycles. The van der Waals surface area contributed by atoms with Crippen LogP contribution in [0.3, 0.4) is 0 Å². The van der Waals surface area contributed by atoms with Gasteiger partial charge in [-0.05, 0) is 23.1 Å². The summed E-state index contributed by atoms with van der Waals surface area (Å²) in [6.07, 6.45) is -2.45. The number of guanidine groups is 1. The lowest BCUT2D eigenvalue weighted by Gasteiger charge is -2.30. The highest BCUT2D eigenvalue weighted by Gasteiger charge is 2.24. The lowest BCUT2D eigenvalue weighted by atomic mass is 9.89. The lowest BCUT2D eigenvalue weighted by molar-refractivity contribution is 0.0205. The number of halogens is 3. The van der Waals surface area contributed by atoms with Crippen molar-refractivity contribution in [2.75, 3.05) is 27.3 Å². The molecule has 0 radical (unpaired) electrons. The fraction of sp³-hybridized carbons (Fsp3) is 0.611.